The van der Waals surface area contributed by atoms with E-state index in [4.69, 9.17) is 4.98 Å². The van der Waals surface area contributed by atoms with Crippen molar-refractivity contribution in [2.75, 3.05) is 4.90 Å². The minimum atomic E-state index is 1.07. The lowest BCUT2D eigenvalue weighted by Gasteiger charge is -2.27. The van der Waals surface area contributed by atoms with Crippen molar-refractivity contribution in [1.29, 1.82) is 0 Å². The van der Waals surface area contributed by atoms with Crippen LogP contribution in [0.1, 0.15) is 0 Å². The van der Waals surface area contributed by atoms with Crippen LogP contribution < -0.4 is 4.90 Å². The topological polar surface area (TPSA) is 16.1 Å². The quantitative estimate of drug-likeness (QED) is 0.214. The van der Waals surface area contributed by atoms with Crippen LogP contribution in [0.2, 0.25) is 0 Å². The Bertz CT molecular complexity index is 2260. The van der Waals surface area contributed by atoms with Gasteiger partial charge in [-0.2, -0.15) is 0 Å². The highest BCUT2D eigenvalue weighted by Gasteiger charge is 2.28. The first-order valence-electron chi connectivity index (χ1n) is 13.7. The zero-order chi connectivity index (χ0) is 26.9. The number of hydrogen-bond acceptors (Lipinski definition) is 4. The fourth-order valence-corrected chi connectivity index (χ4v) is 8.54. The van der Waals surface area contributed by atoms with E-state index in [9.17, 15) is 0 Å². The van der Waals surface area contributed by atoms with Crippen LogP contribution in [-0.4, -0.2) is 4.98 Å². The zero-order valence-electron chi connectivity index (χ0n) is 21.9. The second-order valence-electron chi connectivity index (χ2n) is 10.4. The van der Waals surface area contributed by atoms with Crippen LogP contribution in [0, 0.1) is 0 Å². The molecule has 9 rings (SSSR count). The Hall–Kier alpha value is -4.77. The molecule has 0 N–H and O–H groups in total. The third-order valence-electron chi connectivity index (χ3n) is 8.01. The number of aromatic nitrogens is 1. The molecule has 0 saturated heterocycles. The SMILES string of the molecule is c1ccc(-c2nc3c(s2)-c2cccc4cc(N(c5ccccc5)c5cccc6c5sc5ccccc56)cc-3c24)cc1. The highest BCUT2D eigenvalue weighted by atomic mass is 32.1. The summed E-state index contributed by atoms with van der Waals surface area (Å²) in [6.45, 7) is 0. The predicted octanol–water partition coefficient (Wildman–Crippen LogP) is 11.4. The van der Waals surface area contributed by atoms with Gasteiger partial charge in [-0.15, -0.1) is 22.7 Å². The summed E-state index contributed by atoms with van der Waals surface area (Å²) in [7, 11) is 0. The molecule has 2 heterocycles. The first-order valence-corrected chi connectivity index (χ1v) is 15.4. The van der Waals surface area contributed by atoms with Crippen LogP contribution in [0.15, 0.2) is 133 Å². The molecule has 0 unspecified atom stereocenters. The molecule has 1 aliphatic rings. The molecular weight excluding hydrogens is 537 g/mol. The van der Waals surface area contributed by atoms with Crippen LogP contribution in [0.5, 0.6) is 0 Å². The Morgan fingerprint density at radius 2 is 1.32 bits per heavy atom. The van der Waals surface area contributed by atoms with Gasteiger partial charge in [-0.3, -0.25) is 0 Å². The third kappa shape index (κ3) is 3.45. The lowest BCUT2D eigenvalue weighted by atomic mass is 10.0. The maximum absolute atomic E-state index is 5.23. The van der Waals surface area contributed by atoms with Crippen LogP contribution in [-0.2, 0) is 0 Å². The molecule has 41 heavy (non-hydrogen) atoms. The Morgan fingerprint density at radius 1 is 0.561 bits per heavy atom. The summed E-state index contributed by atoms with van der Waals surface area (Å²) in [6.07, 6.45) is 0. The number of thiazole rings is 1. The van der Waals surface area contributed by atoms with E-state index in [1.807, 2.05) is 11.3 Å². The van der Waals surface area contributed by atoms with Crippen LogP contribution in [0.4, 0.5) is 17.1 Å². The Balaban J connectivity index is 1.31. The molecule has 0 atom stereocenters. The predicted molar refractivity (Wildman–Crippen MR) is 177 cm³/mol. The molecule has 6 aromatic carbocycles. The summed E-state index contributed by atoms with van der Waals surface area (Å²) in [5, 5.41) is 6.22. The first kappa shape index (κ1) is 23.0. The molecule has 2 aromatic heterocycles. The number of anilines is 3. The van der Waals surface area contributed by atoms with Gasteiger partial charge in [-0.25, -0.2) is 4.98 Å². The fraction of sp³-hybridized carbons (Fsp3) is 0. The van der Waals surface area contributed by atoms with Crippen LogP contribution in [0.25, 0.3) is 63.2 Å². The van der Waals surface area contributed by atoms with Gasteiger partial charge in [0.25, 0.3) is 0 Å². The number of benzene rings is 6. The van der Waals surface area contributed by atoms with Crippen LogP contribution >= 0.6 is 22.7 Å². The Kier molecular flexibility index (Phi) is 4.97. The summed E-state index contributed by atoms with van der Waals surface area (Å²) in [4.78, 5) is 8.91. The maximum atomic E-state index is 5.23. The summed E-state index contributed by atoms with van der Waals surface area (Å²) >= 11 is 3.66. The van der Waals surface area contributed by atoms with Gasteiger partial charge in [-0.1, -0.05) is 97.1 Å². The van der Waals surface area contributed by atoms with E-state index in [0.29, 0.717) is 0 Å². The number of hydrogen-bond donors (Lipinski definition) is 0. The standard InChI is InChI=1S/C37H22N2S2/c1-3-11-23(12-4-1)37-38-34-30-22-26(21-24-13-9-18-29(33(24)30)36(34)41-37)39(25-14-5-2-6-15-25)31-19-10-17-28-27-16-7-8-20-32(27)40-35(28)31/h1-22H. The minimum Gasteiger partial charge on any atom is -0.309 e. The van der Waals surface area contributed by atoms with Crippen LogP contribution in [0.3, 0.4) is 0 Å². The van der Waals surface area contributed by atoms with Crippen molar-refractivity contribution >= 4 is 70.7 Å². The molecule has 0 spiro atoms. The molecule has 8 aromatic rings. The number of nitrogens with zero attached hydrogens (tertiary/aromatic N) is 2. The highest BCUT2D eigenvalue weighted by molar-refractivity contribution is 7.26. The lowest BCUT2D eigenvalue weighted by Crippen LogP contribution is -2.10. The molecule has 0 radical (unpaired) electrons. The van der Waals surface area contributed by atoms with E-state index in [1.54, 1.807) is 11.3 Å². The second-order valence-corrected chi connectivity index (χ2v) is 12.4. The van der Waals surface area contributed by atoms with E-state index in [2.05, 4.69) is 138 Å². The molecule has 0 bridgehead atoms. The summed E-state index contributed by atoms with van der Waals surface area (Å²) in [5.74, 6) is 0. The zero-order valence-corrected chi connectivity index (χ0v) is 23.5. The first-order chi connectivity index (χ1) is 20.3. The third-order valence-corrected chi connectivity index (χ3v) is 10.4. The molecule has 0 saturated carbocycles. The van der Waals surface area contributed by atoms with E-state index in [1.165, 1.54) is 58.2 Å². The van der Waals surface area contributed by atoms with E-state index in [-0.39, 0.29) is 0 Å². The smallest absolute Gasteiger partial charge is 0.124 e. The van der Waals surface area contributed by atoms with Crippen molar-refractivity contribution in [2.45, 2.75) is 0 Å². The van der Waals surface area contributed by atoms with Gasteiger partial charge >= 0.3 is 0 Å². The van der Waals surface area contributed by atoms with E-state index >= 15 is 0 Å². The summed E-state index contributed by atoms with van der Waals surface area (Å²) in [6, 6.07) is 48.0. The molecular formula is C37H22N2S2. The average molecular weight is 559 g/mol. The number of thiophene rings is 1. The molecule has 0 aliphatic heterocycles. The van der Waals surface area contributed by atoms with Gasteiger partial charge in [0.2, 0.25) is 0 Å². The number of para-hydroxylation sites is 1. The largest absolute Gasteiger partial charge is 0.309 e. The van der Waals surface area contributed by atoms with Gasteiger partial charge < -0.3 is 4.90 Å². The van der Waals surface area contributed by atoms with Crippen molar-refractivity contribution in [1.82, 2.24) is 4.98 Å². The van der Waals surface area contributed by atoms with Crippen molar-refractivity contribution in [3.63, 3.8) is 0 Å². The molecule has 0 amide bonds. The molecule has 2 nitrogen and oxygen atoms in total. The maximum Gasteiger partial charge on any atom is 0.124 e. The lowest BCUT2D eigenvalue weighted by molar-refractivity contribution is 1.31. The number of rotatable bonds is 4. The van der Waals surface area contributed by atoms with Gasteiger partial charge in [0.05, 0.1) is 21.0 Å². The van der Waals surface area contributed by atoms with Gasteiger partial charge in [0.1, 0.15) is 5.01 Å². The highest BCUT2D eigenvalue weighted by Crippen LogP contribution is 2.53. The average Bonchev–Trinajstić information content (AvgIpc) is 3.72. The van der Waals surface area contributed by atoms with Crippen molar-refractivity contribution in [3.8, 4) is 32.3 Å². The fourth-order valence-electron chi connectivity index (χ4n) is 6.22. The van der Waals surface area contributed by atoms with Crippen molar-refractivity contribution in [3.05, 3.63) is 133 Å². The Labute approximate surface area is 245 Å². The minimum absolute atomic E-state index is 1.07. The van der Waals surface area contributed by atoms with E-state index in [0.717, 1.165) is 22.1 Å². The normalized spacial score (nSPS) is 11.9. The van der Waals surface area contributed by atoms with Gasteiger partial charge in [0.15, 0.2) is 0 Å². The van der Waals surface area contributed by atoms with Crippen molar-refractivity contribution < 1.29 is 0 Å². The molecule has 4 heteroatoms. The molecule has 192 valence electrons. The Morgan fingerprint density at radius 3 is 2.20 bits per heavy atom. The number of fused-ring (bicyclic) bond motifs is 6. The van der Waals surface area contributed by atoms with Gasteiger partial charge in [-0.05, 0) is 47.2 Å². The molecule has 1 aliphatic carbocycles. The van der Waals surface area contributed by atoms with Crippen molar-refractivity contribution in [2.24, 2.45) is 0 Å². The monoisotopic (exact) mass is 558 g/mol. The second kappa shape index (κ2) is 8.87. The summed E-state index contributed by atoms with van der Waals surface area (Å²) < 4.78 is 2.61. The summed E-state index contributed by atoms with van der Waals surface area (Å²) in [5.41, 5.74) is 8.24. The van der Waals surface area contributed by atoms with Gasteiger partial charge in [0, 0.05) is 43.5 Å². The molecule has 0 fully saturated rings. The van der Waals surface area contributed by atoms with E-state index < -0.39 is 0 Å².